The Bertz CT molecular complexity index is 3040. The minimum atomic E-state index is -0.449. The molecular weight excluding hydrogens is 713 g/mol. The molecular formula is C57H38N2. The van der Waals surface area contributed by atoms with Gasteiger partial charge in [0, 0.05) is 16.7 Å². The zero-order valence-electron chi connectivity index (χ0n) is 32.3. The molecule has 0 unspecified atom stereocenters. The standard InChI is InChI=1S/C57H38N2/c1-5-19-39(20-6-1)53-38-54(59-56(58-53)40-21-7-2-8-22-40)49-36-35-45(47-29-13-14-30-48(47)49)41-23-17-24-42(37-41)46-32-18-34-52-55(46)50-31-15-16-33-51(50)57(52,43-25-9-3-10-26-43)44-27-11-4-12-28-44/h1-38H. The van der Waals surface area contributed by atoms with Crippen molar-refractivity contribution in [2.75, 3.05) is 0 Å². The molecule has 2 heteroatoms. The van der Waals surface area contributed by atoms with Crippen LogP contribution in [0, 0.1) is 0 Å². The van der Waals surface area contributed by atoms with Gasteiger partial charge in [-0.05, 0) is 78.5 Å². The molecule has 0 atom stereocenters. The van der Waals surface area contributed by atoms with E-state index in [1.807, 2.05) is 24.3 Å². The maximum absolute atomic E-state index is 5.20. The Labute approximate surface area is 344 Å². The summed E-state index contributed by atoms with van der Waals surface area (Å²) in [5, 5.41) is 2.33. The van der Waals surface area contributed by atoms with Gasteiger partial charge in [0.1, 0.15) is 0 Å². The van der Waals surface area contributed by atoms with E-state index in [-0.39, 0.29) is 0 Å². The zero-order valence-corrected chi connectivity index (χ0v) is 32.3. The number of nitrogens with zero attached hydrogens (tertiary/aromatic N) is 2. The second-order valence-corrected chi connectivity index (χ2v) is 15.2. The van der Waals surface area contributed by atoms with Crippen LogP contribution in [0.25, 0.3) is 78.1 Å². The van der Waals surface area contributed by atoms with E-state index in [4.69, 9.17) is 9.97 Å². The molecule has 0 saturated carbocycles. The van der Waals surface area contributed by atoms with Crippen LogP contribution in [0.15, 0.2) is 231 Å². The van der Waals surface area contributed by atoms with Crippen LogP contribution in [0.2, 0.25) is 0 Å². The fourth-order valence-corrected chi connectivity index (χ4v) is 9.42. The first-order valence-electron chi connectivity index (χ1n) is 20.2. The molecule has 0 fully saturated rings. The van der Waals surface area contributed by atoms with Crippen molar-refractivity contribution in [2.45, 2.75) is 5.41 Å². The average Bonchev–Trinajstić information content (AvgIpc) is 3.63. The fraction of sp³-hybridized carbons (Fsp3) is 0.0175. The molecule has 59 heavy (non-hydrogen) atoms. The summed E-state index contributed by atoms with van der Waals surface area (Å²) in [6.07, 6.45) is 0. The predicted octanol–water partition coefficient (Wildman–Crippen LogP) is 14.3. The Hall–Kier alpha value is -7.68. The minimum Gasteiger partial charge on any atom is -0.228 e. The van der Waals surface area contributed by atoms with E-state index < -0.39 is 5.41 Å². The second-order valence-electron chi connectivity index (χ2n) is 15.2. The van der Waals surface area contributed by atoms with Crippen LogP contribution in [-0.2, 0) is 5.41 Å². The van der Waals surface area contributed by atoms with E-state index in [1.54, 1.807) is 0 Å². The van der Waals surface area contributed by atoms with Gasteiger partial charge in [0.2, 0.25) is 0 Å². The van der Waals surface area contributed by atoms with Crippen LogP contribution < -0.4 is 0 Å². The molecule has 1 aromatic heterocycles. The largest absolute Gasteiger partial charge is 0.228 e. The SMILES string of the molecule is c1ccc(-c2cc(-c3ccc(-c4cccc(-c5cccc6c5-c5ccccc5C6(c5ccccc5)c5ccccc5)c4)c4ccccc34)nc(-c3ccccc3)n2)cc1. The molecule has 0 N–H and O–H groups in total. The lowest BCUT2D eigenvalue weighted by molar-refractivity contribution is 0.768. The number of benzene rings is 9. The Morgan fingerprint density at radius 3 is 1.46 bits per heavy atom. The molecule has 9 aromatic carbocycles. The quantitative estimate of drug-likeness (QED) is 0.162. The molecule has 0 aliphatic heterocycles. The highest BCUT2D eigenvalue weighted by Crippen LogP contribution is 2.58. The van der Waals surface area contributed by atoms with Gasteiger partial charge in [-0.2, -0.15) is 0 Å². The van der Waals surface area contributed by atoms with Crippen molar-refractivity contribution in [3.05, 3.63) is 253 Å². The van der Waals surface area contributed by atoms with Gasteiger partial charge in [0.05, 0.1) is 16.8 Å². The van der Waals surface area contributed by atoms with Gasteiger partial charge in [-0.15, -0.1) is 0 Å². The number of aromatic nitrogens is 2. The van der Waals surface area contributed by atoms with Crippen molar-refractivity contribution in [3.8, 4) is 67.3 Å². The lowest BCUT2D eigenvalue weighted by Crippen LogP contribution is -2.28. The van der Waals surface area contributed by atoms with Gasteiger partial charge in [-0.3, -0.25) is 0 Å². The van der Waals surface area contributed by atoms with E-state index in [2.05, 4.69) is 206 Å². The molecule has 11 rings (SSSR count). The summed E-state index contributed by atoms with van der Waals surface area (Å²) in [4.78, 5) is 10.3. The average molecular weight is 751 g/mol. The first-order chi connectivity index (χ1) is 29.3. The van der Waals surface area contributed by atoms with Crippen LogP contribution in [0.5, 0.6) is 0 Å². The molecule has 0 spiro atoms. The van der Waals surface area contributed by atoms with E-state index >= 15 is 0 Å². The summed E-state index contributed by atoms with van der Waals surface area (Å²) in [7, 11) is 0. The Balaban J connectivity index is 1.07. The van der Waals surface area contributed by atoms with Crippen LogP contribution in [-0.4, -0.2) is 9.97 Å². The highest BCUT2D eigenvalue weighted by Gasteiger charge is 2.46. The maximum Gasteiger partial charge on any atom is 0.160 e. The van der Waals surface area contributed by atoms with Gasteiger partial charge in [-0.1, -0.05) is 218 Å². The monoisotopic (exact) mass is 750 g/mol. The maximum atomic E-state index is 5.20. The first-order valence-corrected chi connectivity index (χ1v) is 20.2. The van der Waals surface area contributed by atoms with E-state index in [0.29, 0.717) is 5.82 Å². The third kappa shape index (κ3) is 5.72. The topological polar surface area (TPSA) is 25.8 Å². The lowest BCUT2D eigenvalue weighted by atomic mass is 9.67. The summed E-state index contributed by atoms with van der Waals surface area (Å²) in [5.41, 5.74) is 17.0. The highest BCUT2D eigenvalue weighted by molar-refractivity contribution is 6.05. The van der Waals surface area contributed by atoms with Crippen molar-refractivity contribution in [3.63, 3.8) is 0 Å². The van der Waals surface area contributed by atoms with Gasteiger partial charge < -0.3 is 0 Å². The van der Waals surface area contributed by atoms with E-state index in [1.165, 1.54) is 61.0 Å². The van der Waals surface area contributed by atoms with Crippen molar-refractivity contribution in [1.29, 1.82) is 0 Å². The van der Waals surface area contributed by atoms with Gasteiger partial charge in [-0.25, -0.2) is 9.97 Å². The zero-order chi connectivity index (χ0) is 39.2. The van der Waals surface area contributed by atoms with Crippen molar-refractivity contribution in [2.24, 2.45) is 0 Å². The molecule has 0 bridgehead atoms. The van der Waals surface area contributed by atoms with Crippen LogP contribution in [0.1, 0.15) is 22.3 Å². The summed E-state index contributed by atoms with van der Waals surface area (Å²) in [6.45, 7) is 0. The fourth-order valence-electron chi connectivity index (χ4n) is 9.42. The Morgan fingerprint density at radius 1 is 0.288 bits per heavy atom. The molecule has 1 aliphatic rings. The van der Waals surface area contributed by atoms with Crippen molar-refractivity contribution in [1.82, 2.24) is 9.97 Å². The van der Waals surface area contributed by atoms with E-state index in [9.17, 15) is 0 Å². The third-order valence-corrected chi connectivity index (χ3v) is 12.0. The van der Waals surface area contributed by atoms with Crippen LogP contribution >= 0.6 is 0 Å². The molecule has 0 radical (unpaired) electrons. The Kier molecular flexibility index (Phi) is 8.41. The van der Waals surface area contributed by atoms with Crippen molar-refractivity contribution >= 4 is 10.8 Å². The normalized spacial score (nSPS) is 12.5. The van der Waals surface area contributed by atoms with Crippen LogP contribution in [0.4, 0.5) is 0 Å². The highest BCUT2D eigenvalue weighted by atomic mass is 14.9. The number of rotatable bonds is 7. The predicted molar refractivity (Wildman–Crippen MR) is 244 cm³/mol. The van der Waals surface area contributed by atoms with Gasteiger partial charge in [0.25, 0.3) is 0 Å². The third-order valence-electron chi connectivity index (χ3n) is 12.0. The summed E-state index contributed by atoms with van der Waals surface area (Å²) in [5.74, 6) is 0.711. The Morgan fingerprint density at radius 2 is 0.763 bits per heavy atom. The minimum absolute atomic E-state index is 0.449. The molecule has 2 nitrogen and oxygen atoms in total. The van der Waals surface area contributed by atoms with Crippen molar-refractivity contribution < 1.29 is 0 Å². The molecule has 0 amide bonds. The first kappa shape index (κ1) is 34.6. The summed E-state index contributed by atoms with van der Waals surface area (Å²) < 4.78 is 0. The van der Waals surface area contributed by atoms with E-state index in [0.717, 1.165) is 33.5 Å². The second kappa shape index (κ2) is 14.4. The molecule has 276 valence electrons. The number of hydrogen-bond acceptors (Lipinski definition) is 2. The van der Waals surface area contributed by atoms with Gasteiger partial charge >= 0.3 is 0 Å². The summed E-state index contributed by atoms with van der Waals surface area (Å²) >= 11 is 0. The smallest absolute Gasteiger partial charge is 0.160 e. The molecule has 10 aromatic rings. The summed E-state index contributed by atoms with van der Waals surface area (Å²) in [6, 6.07) is 83.0. The molecule has 1 aliphatic carbocycles. The van der Waals surface area contributed by atoms with Gasteiger partial charge in [0.15, 0.2) is 5.82 Å². The van der Waals surface area contributed by atoms with Crippen LogP contribution in [0.3, 0.4) is 0 Å². The lowest BCUT2D eigenvalue weighted by Gasteiger charge is -2.34. The number of fused-ring (bicyclic) bond motifs is 4. The molecule has 0 saturated heterocycles. The molecule has 1 heterocycles. The number of hydrogen-bond donors (Lipinski definition) is 0.